The molecule has 2 aliphatic heterocycles. The largest absolute Gasteiger partial charge is 0.459 e. The first kappa shape index (κ1) is 18.9. The van der Waals surface area contributed by atoms with Crippen molar-refractivity contribution in [3.05, 3.63) is 29.3 Å². The van der Waals surface area contributed by atoms with Gasteiger partial charge in [0, 0.05) is 29.8 Å². The van der Waals surface area contributed by atoms with Crippen molar-refractivity contribution < 1.29 is 23.9 Å². The number of hydrogen-bond acceptors (Lipinski definition) is 6. The van der Waals surface area contributed by atoms with E-state index in [9.17, 15) is 19.2 Å². The molecule has 1 fully saturated rings. The van der Waals surface area contributed by atoms with Crippen LogP contribution in [-0.2, 0) is 25.7 Å². The second-order valence-corrected chi connectivity index (χ2v) is 7.67. The number of carbonyl (C=O) groups is 4. The van der Waals surface area contributed by atoms with Gasteiger partial charge in [0.05, 0.1) is 0 Å². The van der Waals surface area contributed by atoms with Crippen molar-refractivity contribution >= 4 is 29.4 Å². The van der Waals surface area contributed by atoms with Gasteiger partial charge in [-0.2, -0.15) is 0 Å². The molecule has 2 aliphatic rings. The molecule has 2 heterocycles. The molecule has 0 radical (unpaired) electrons. The highest BCUT2D eigenvalue weighted by molar-refractivity contribution is 6.06. The van der Waals surface area contributed by atoms with Crippen LogP contribution in [-0.4, -0.2) is 46.8 Å². The first-order chi connectivity index (χ1) is 12.7. The van der Waals surface area contributed by atoms with Gasteiger partial charge in [-0.3, -0.25) is 24.5 Å². The first-order valence-electron chi connectivity index (χ1n) is 8.88. The molecule has 27 heavy (non-hydrogen) atoms. The van der Waals surface area contributed by atoms with E-state index in [1.165, 1.54) is 4.90 Å². The van der Waals surface area contributed by atoms with E-state index in [1.54, 1.807) is 39.0 Å². The number of imide groups is 1. The smallest absolute Gasteiger partial charge is 0.325 e. The zero-order valence-electron chi connectivity index (χ0n) is 15.6. The summed E-state index contributed by atoms with van der Waals surface area (Å²) < 4.78 is 5.28. The van der Waals surface area contributed by atoms with E-state index >= 15 is 0 Å². The molecule has 1 unspecified atom stereocenters. The van der Waals surface area contributed by atoms with Crippen molar-refractivity contribution in [2.75, 3.05) is 11.9 Å². The van der Waals surface area contributed by atoms with E-state index in [0.29, 0.717) is 17.7 Å². The van der Waals surface area contributed by atoms with Crippen LogP contribution in [0.5, 0.6) is 0 Å². The lowest BCUT2D eigenvalue weighted by atomic mass is 10.0. The van der Waals surface area contributed by atoms with Gasteiger partial charge in [-0.25, -0.2) is 0 Å². The number of hydrogen-bond donors (Lipinski definition) is 2. The predicted octanol–water partition coefficient (Wildman–Crippen LogP) is 1.20. The average molecular weight is 373 g/mol. The molecule has 8 nitrogen and oxygen atoms in total. The van der Waals surface area contributed by atoms with Crippen molar-refractivity contribution in [3.8, 4) is 0 Å². The Hall–Kier alpha value is -2.90. The SMILES string of the molecule is CC(C)(C)OC(=O)CNc1cccc2c1CN(C1CCC(=O)NC1=O)C2=O. The Morgan fingerprint density at radius 3 is 2.70 bits per heavy atom. The lowest BCUT2D eigenvalue weighted by Crippen LogP contribution is -2.52. The van der Waals surface area contributed by atoms with Crippen LogP contribution in [0.25, 0.3) is 0 Å². The Morgan fingerprint density at radius 1 is 1.30 bits per heavy atom. The number of amides is 3. The van der Waals surface area contributed by atoms with E-state index in [2.05, 4.69) is 10.6 Å². The number of piperidine rings is 1. The molecule has 2 N–H and O–H groups in total. The van der Waals surface area contributed by atoms with Crippen molar-refractivity contribution in [1.82, 2.24) is 10.2 Å². The van der Waals surface area contributed by atoms with E-state index < -0.39 is 23.5 Å². The van der Waals surface area contributed by atoms with Gasteiger partial charge in [0.1, 0.15) is 18.2 Å². The normalized spacial score (nSPS) is 19.6. The quantitative estimate of drug-likeness (QED) is 0.607. The van der Waals surface area contributed by atoms with E-state index in [1.807, 2.05) is 0 Å². The lowest BCUT2D eigenvalue weighted by Gasteiger charge is -2.29. The average Bonchev–Trinajstić information content (AvgIpc) is 2.89. The van der Waals surface area contributed by atoms with E-state index in [-0.39, 0.29) is 31.3 Å². The van der Waals surface area contributed by atoms with Gasteiger partial charge < -0.3 is 15.0 Å². The highest BCUT2D eigenvalue weighted by Gasteiger charge is 2.39. The second-order valence-electron chi connectivity index (χ2n) is 7.67. The molecule has 8 heteroatoms. The summed E-state index contributed by atoms with van der Waals surface area (Å²) in [4.78, 5) is 49.6. The summed E-state index contributed by atoms with van der Waals surface area (Å²) in [5.41, 5.74) is 1.31. The lowest BCUT2D eigenvalue weighted by molar-refractivity contribution is -0.152. The molecule has 1 aromatic carbocycles. The van der Waals surface area contributed by atoms with Crippen LogP contribution in [0.2, 0.25) is 0 Å². The maximum atomic E-state index is 12.7. The summed E-state index contributed by atoms with van der Waals surface area (Å²) in [6.45, 7) is 5.60. The Bertz CT molecular complexity index is 812. The molecular formula is C19H23N3O5. The standard InChI is InChI=1S/C19H23N3O5/c1-19(2,3)27-16(24)9-20-13-6-4-5-11-12(13)10-22(18(11)26)14-7-8-15(23)21-17(14)25/h4-6,14,20H,7-10H2,1-3H3,(H,21,23,25). The summed E-state index contributed by atoms with van der Waals surface area (Å²) >= 11 is 0. The molecule has 144 valence electrons. The van der Waals surface area contributed by atoms with Crippen LogP contribution >= 0.6 is 0 Å². The van der Waals surface area contributed by atoms with E-state index in [0.717, 1.165) is 5.56 Å². The highest BCUT2D eigenvalue weighted by atomic mass is 16.6. The number of esters is 1. The minimum absolute atomic E-state index is 0.0275. The molecule has 3 rings (SSSR count). The highest BCUT2D eigenvalue weighted by Crippen LogP contribution is 2.32. The molecule has 3 amide bonds. The number of nitrogens with zero attached hydrogens (tertiary/aromatic N) is 1. The van der Waals surface area contributed by atoms with Crippen LogP contribution in [0, 0.1) is 0 Å². The third-order valence-corrected chi connectivity index (χ3v) is 4.43. The molecule has 0 aromatic heterocycles. The fourth-order valence-electron chi connectivity index (χ4n) is 3.30. The van der Waals surface area contributed by atoms with Gasteiger partial charge in [0.15, 0.2) is 0 Å². The Kier molecular flexibility index (Phi) is 4.91. The second kappa shape index (κ2) is 7.02. The number of carbonyl (C=O) groups excluding carboxylic acids is 4. The van der Waals surface area contributed by atoms with Gasteiger partial charge in [-0.15, -0.1) is 0 Å². The monoisotopic (exact) mass is 373 g/mol. The number of anilines is 1. The summed E-state index contributed by atoms with van der Waals surface area (Å²) in [5, 5.41) is 5.30. The van der Waals surface area contributed by atoms with Crippen LogP contribution in [0.4, 0.5) is 5.69 Å². The molecule has 0 saturated carbocycles. The minimum Gasteiger partial charge on any atom is -0.459 e. The number of nitrogens with one attached hydrogen (secondary N) is 2. The van der Waals surface area contributed by atoms with Gasteiger partial charge in [-0.05, 0) is 39.3 Å². The number of fused-ring (bicyclic) bond motifs is 1. The summed E-state index contributed by atoms with van der Waals surface area (Å²) in [7, 11) is 0. The van der Waals surface area contributed by atoms with Gasteiger partial charge >= 0.3 is 5.97 Å². The Balaban J connectivity index is 1.73. The maximum absolute atomic E-state index is 12.7. The van der Waals surface area contributed by atoms with Gasteiger partial charge in [-0.1, -0.05) is 6.07 Å². The molecule has 0 bridgehead atoms. The Labute approximate surface area is 157 Å². The van der Waals surface area contributed by atoms with Crippen LogP contribution < -0.4 is 10.6 Å². The number of benzene rings is 1. The predicted molar refractivity (Wildman–Crippen MR) is 96.8 cm³/mol. The fourth-order valence-corrected chi connectivity index (χ4v) is 3.30. The molecule has 1 aromatic rings. The van der Waals surface area contributed by atoms with Crippen LogP contribution in [0.3, 0.4) is 0 Å². The zero-order valence-corrected chi connectivity index (χ0v) is 15.6. The fraction of sp³-hybridized carbons (Fsp3) is 0.474. The first-order valence-corrected chi connectivity index (χ1v) is 8.88. The van der Waals surface area contributed by atoms with Crippen molar-refractivity contribution in [1.29, 1.82) is 0 Å². The number of rotatable bonds is 4. The summed E-state index contributed by atoms with van der Waals surface area (Å²) in [6.07, 6.45) is 0.519. The summed E-state index contributed by atoms with van der Waals surface area (Å²) in [6, 6.07) is 4.54. The van der Waals surface area contributed by atoms with Gasteiger partial charge in [0.2, 0.25) is 11.8 Å². The Morgan fingerprint density at radius 2 is 2.04 bits per heavy atom. The summed E-state index contributed by atoms with van der Waals surface area (Å²) in [5.74, 6) is -1.41. The van der Waals surface area contributed by atoms with Crippen LogP contribution in [0.1, 0.15) is 49.5 Å². The van der Waals surface area contributed by atoms with Crippen molar-refractivity contribution in [2.24, 2.45) is 0 Å². The van der Waals surface area contributed by atoms with Crippen molar-refractivity contribution in [3.63, 3.8) is 0 Å². The van der Waals surface area contributed by atoms with Crippen LogP contribution in [0.15, 0.2) is 18.2 Å². The molecule has 1 atom stereocenters. The zero-order chi connectivity index (χ0) is 19.8. The minimum atomic E-state index is -0.665. The maximum Gasteiger partial charge on any atom is 0.325 e. The van der Waals surface area contributed by atoms with E-state index in [4.69, 9.17) is 4.74 Å². The molecule has 0 spiro atoms. The molecular weight excluding hydrogens is 350 g/mol. The number of ether oxygens (including phenoxy) is 1. The topological polar surface area (TPSA) is 105 Å². The molecule has 1 saturated heterocycles. The van der Waals surface area contributed by atoms with Crippen molar-refractivity contribution in [2.45, 2.75) is 51.8 Å². The third kappa shape index (κ3) is 4.10. The third-order valence-electron chi connectivity index (χ3n) is 4.43. The molecule has 0 aliphatic carbocycles. The van der Waals surface area contributed by atoms with Gasteiger partial charge in [0.25, 0.3) is 5.91 Å².